The first-order valence-corrected chi connectivity index (χ1v) is 14.7. The van der Waals surface area contributed by atoms with Gasteiger partial charge in [0.15, 0.2) is 0 Å². The minimum atomic E-state index is -1.10. The van der Waals surface area contributed by atoms with Crippen LogP contribution in [0.4, 0.5) is 11.8 Å². The molecular formula is C32H36N6O6. The van der Waals surface area contributed by atoms with Gasteiger partial charge in [0.1, 0.15) is 11.5 Å². The summed E-state index contributed by atoms with van der Waals surface area (Å²) in [6.45, 7) is 8.68. The second-order valence-electron chi connectivity index (χ2n) is 11.1. The van der Waals surface area contributed by atoms with E-state index in [1.54, 1.807) is 18.3 Å². The monoisotopic (exact) mass is 600 g/mol. The first-order valence-electron chi connectivity index (χ1n) is 14.7. The summed E-state index contributed by atoms with van der Waals surface area (Å²) in [5.41, 5.74) is 3.81. The molecule has 230 valence electrons. The summed E-state index contributed by atoms with van der Waals surface area (Å²) in [5.74, 6) is -3.02. The first kappa shape index (κ1) is 30.6. The third-order valence-corrected chi connectivity index (χ3v) is 8.36. The Hall–Kier alpha value is -4.87. The van der Waals surface area contributed by atoms with Crippen LogP contribution in [0.3, 0.4) is 0 Å². The molecule has 0 N–H and O–H groups in total. The molecule has 12 heteroatoms. The number of fused-ring (bicyclic) bond motifs is 2. The van der Waals surface area contributed by atoms with Gasteiger partial charge in [0.25, 0.3) is 0 Å². The molecular weight excluding hydrogens is 564 g/mol. The van der Waals surface area contributed by atoms with E-state index in [0.29, 0.717) is 29.2 Å². The largest absolute Gasteiger partial charge is 0.462 e. The zero-order valence-electron chi connectivity index (χ0n) is 25.4. The van der Waals surface area contributed by atoms with Gasteiger partial charge in [-0.25, -0.2) is 24.5 Å². The number of allylic oxidation sites excluding steroid dienone is 1. The Labute approximate surface area is 255 Å². The third kappa shape index (κ3) is 5.59. The van der Waals surface area contributed by atoms with E-state index < -0.39 is 23.8 Å². The lowest BCUT2D eigenvalue weighted by Gasteiger charge is -2.29. The highest BCUT2D eigenvalue weighted by Gasteiger charge is 2.33. The van der Waals surface area contributed by atoms with Gasteiger partial charge in [0, 0.05) is 48.4 Å². The molecule has 0 radical (unpaired) electrons. The van der Waals surface area contributed by atoms with Gasteiger partial charge >= 0.3 is 23.8 Å². The van der Waals surface area contributed by atoms with Crippen molar-refractivity contribution in [3.63, 3.8) is 0 Å². The summed E-state index contributed by atoms with van der Waals surface area (Å²) in [4.78, 5) is 66.7. The molecule has 5 rings (SSSR count). The Kier molecular flexibility index (Phi) is 8.88. The van der Waals surface area contributed by atoms with Gasteiger partial charge in [0.2, 0.25) is 5.95 Å². The predicted molar refractivity (Wildman–Crippen MR) is 164 cm³/mol. The predicted octanol–water partition coefficient (Wildman–Crippen LogP) is 4.15. The van der Waals surface area contributed by atoms with Crippen molar-refractivity contribution in [2.24, 2.45) is 5.92 Å². The van der Waals surface area contributed by atoms with E-state index in [1.807, 2.05) is 25.2 Å². The van der Waals surface area contributed by atoms with Crippen LogP contribution in [0.1, 0.15) is 68.1 Å². The molecule has 0 aromatic carbocycles. The summed E-state index contributed by atoms with van der Waals surface area (Å²) >= 11 is 0. The van der Waals surface area contributed by atoms with Crippen molar-refractivity contribution in [1.82, 2.24) is 24.4 Å². The molecule has 0 saturated heterocycles. The average Bonchev–Trinajstić information content (AvgIpc) is 3.36. The van der Waals surface area contributed by atoms with E-state index in [4.69, 9.17) is 9.72 Å². The van der Waals surface area contributed by atoms with Crippen LogP contribution >= 0.6 is 0 Å². The average molecular weight is 601 g/mol. The van der Waals surface area contributed by atoms with E-state index in [1.165, 1.54) is 4.90 Å². The first-order chi connectivity index (χ1) is 21.2. The van der Waals surface area contributed by atoms with Gasteiger partial charge in [-0.1, -0.05) is 31.7 Å². The van der Waals surface area contributed by atoms with Crippen LogP contribution in [-0.2, 0) is 41.6 Å². The number of ether oxygens (including phenoxy) is 2. The van der Waals surface area contributed by atoms with Crippen LogP contribution in [0.2, 0.25) is 0 Å². The molecule has 0 unspecified atom stereocenters. The number of aromatic nitrogens is 4. The van der Waals surface area contributed by atoms with Gasteiger partial charge in [-0.2, -0.15) is 4.98 Å². The van der Waals surface area contributed by atoms with Gasteiger partial charge in [-0.15, -0.1) is 0 Å². The molecule has 4 heterocycles. The quantitative estimate of drug-likeness (QED) is 0.312. The number of amides is 2. The Bertz CT molecular complexity index is 1670. The highest BCUT2D eigenvalue weighted by Crippen LogP contribution is 2.39. The van der Waals surface area contributed by atoms with Gasteiger partial charge in [-0.05, 0) is 56.2 Å². The van der Waals surface area contributed by atoms with Crippen molar-refractivity contribution in [3.8, 4) is 0 Å². The standard InChI is InChI=1S/C32H36N6O6/c1-6-8-22-23-17-33-32(35-27(23)37(25(22)7-2)21-12-9-19(3)10-13-21)38(29(40)31(42)44-5)26-14-11-20-18-36(16-15-24(20)34-26)28(39)30(41)43-4/h6-8,11,14,17,19,21H,2,9-10,12-13,15-16,18H2,1,3-5H3. The van der Waals surface area contributed by atoms with Gasteiger partial charge in [0.05, 0.1) is 19.9 Å². The van der Waals surface area contributed by atoms with E-state index in [0.717, 1.165) is 61.4 Å². The smallest absolute Gasteiger partial charge is 0.397 e. The number of hydrogen-bond donors (Lipinski definition) is 0. The number of pyridine rings is 1. The van der Waals surface area contributed by atoms with Crippen LogP contribution < -0.4 is 4.90 Å². The van der Waals surface area contributed by atoms with Crippen molar-refractivity contribution in [2.45, 2.75) is 58.5 Å². The Morgan fingerprint density at radius 1 is 1.05 bits per heavy atom. The normalized spacial score (nSPS) is 18.1. The third-order valence-electron chi connectivity index (χ3n) is 8.36. The molecule has 0 bridgehead atoms. The van der Waals surface area contributed by atoms with Crippen LogP contribution in [-0.4, -0.2) is 68.9 Å². The zero-order chi connectivity index (χ0) is 31.5. The highest BCUT2D eigenvalue weighted by molar-refractivity contribution is 6.39. The van der Waals surface area contributed by atoms with E-state index >= 15 is 0 Å². The fourth-order valence-electron chi connectivity index (χ4n) is 6.04. The molecule has 3 aromatic heterocycles. The number of anilines is 2. The lowest BCUT2D eigenvalue weighted by Crippen LogP contribution is -2.41. The topological polar surface area (TPSA) is 137 Å². The zero-order valence-corrected chi connectivity index (χ0v) is 25.4. The maximum Gasteiger partial charge on any atom is 0.397 e. The second-order valence-corrected chi connectivity index (χ2v) is 11.1. The maximum absolute atomic E-state index is 13.5. The molecule has 2 aliphatic rings. The molecule has 1 saturated carbocycles. The van der Waals surface area contributed by atoms with E-state index in [-0.39, 0.29) is 30.9 Å². The fraction of sp³-hybridized carbons (Fsp3) is 0.406. The number of carbonyl (C=O) groups excluding carboxylic acids is 4. The number of methoxy groups -OCH3 is 2. The fourth-order valence-corrected chi connectivity index (χ4v) is 6.04. The molecule has 0 atom stereocenters. The Morgan fingerprint density at radius 2 is 1.77 bits per heavy atom. The van der Waals surface area contributed by atoms with E-state index in [9.17, 15) is 19.2 Å². The number of nitrogens with zero attached hydrogens (tertiary/aromatic N) is 6. The van der Waals surface area contributed by atoms with Gasteiger partial charge < -0.3 is 18.9 Å². The summed E-state index contributed by atoms with van der Waals surface area (Å²) in [5, 5.41) is 0.805. The lowest BCUT2D eigenvalue weighted by molar-refractivity contribution is -0.158. The van der Waals surface area contributed by atoms with Crippen molar-refractivity contribution in [2.75, 3.05) is 25.7 Å². The van der Waals surface area contributed by atoms with Crippen molar-refractivity contribution >= 4 is 58.7 Å². The van der Waals surface area contributed by atoms with Crippen molar-refractivity contribution in [1.29, 1.82) is 0 Å². The maximum atomic E-state index is 13.5. The van der Waals surface area contributed by atoms with Crippen LogP contribution in [0.15, 0.2) is 31.0 Å². The van der Waals surface area contributed by atoms with Crippen LogP contribution in [0, 0.1) is 5.92 Å². The molecule has 1 aliphatic heterocycles. The summed E-state index contributed by atoms with van der Waals surface area (Å²) in [6.07, 6.45) is 11.9. The Balaban J connectivity index is 1.61. The highest BCUT2D eigenvalue weighted by atomic mass is 16.5. The van der Waals surface area contributed by atoms with Crippen LogP contribution in [0.5, 0.6) is 0 Å². The molecule has 1 aliphatic carbocycles. The number of carbonyl (C=O) groups is 4. The lowest BCUT2D eigenvalue weighted by atomic mass is 9.87. The SMILES string of the molecule is C=Cc1c(C=CC)c2cnc(N(C(=O)C(=O)OC)c3ccc4c(n3)CCN(C(=O)C(=O)OC)C4)nc2n1C1CCC(C)CC1. The number of esters is 2. The molecule has 44 heavy (non-hydrogen) atoms. The molecule has 12 nitrogen and oxygen atoms in total. The van der Waals surface area contributed by atoms with Crippen LogP contribution in [0.25, 0.3) is 23.2 Å². The molecule has 2 amide bonds. The number of hydrogen-bond acceptors (Lipinski definition) is 9. The minimum absolute atomic E-state index is 0.0239. The molecule has 1 fully saturated rings. The minimum Gasteiger partial charge on any atom is -0.462 e. The molecule has 3 aromatic rings. The van der Waals surface area contributed by atoms with E-state index in [2.05, 4.69) is 32.8 Å². The number of rotatable bonds is 5. The van der Waals surface area contributed by atoms with Crippen molar-refractivity contribution in [3.05, 3.63) is 53.5 Å². The second kappa shape index (κ2) is 12.8. The summed E-state index contributed by atoms with van der Waals surface area (Å²) < 4.78 is 11.5. The van der Waals surface area contributed by atoms with Crippen molar-refractivity contribution < 1.29 is 28.7 Å². The molecule has 0 spiro atoms. The summed E-state index contributed by atoms with van der Waals surface area (Å²) in [6, 6.07) is 3.45. The Morgan fingerprint density at radius 3 is 2.43 bits per heavy atom. The summed E-state index contributed by atoms with van der Waals surface area (Å²) in [7, 11) is 2.29. The van der Waals surface area contributed by atoms with Gasteiger partial charge in [-0.3, -0.25) is 9.59 Å².